The highest BCUT2D eigenvalue weighted by Crippen LogP contribution is 2.32. The highest BCUT2D eigenvalue weighted by molar-refractivity contribution is 5.97. The number of anilines is 1. The highest BCUT2D eigenvalue weighted by Gasteiger charge is 2.23. The Morgan fingerprint density at radius 2 is 1.62 bits per heavy atom. The van der Waals surface area contributed by atoms with E-state index in [1.165, 1.54) is 0 Å². The number of hydrogen-bond donors (Lipinski definition) is 5. The fourth-order valence-corrected chi connectivity index (χ4v) is 3.39. The number of carbonyl (C=O) groups excluding carboxylic acids is 2. The molecule has 194 valence electrons. The molecule has 0 spiro atoms. The van der Waals surface area contributed by atoms with Crippen molar-refractivity contribution in [3.05, 3.63) is 89.5 Å². The average molecular weight is 506 g/mol. The molecule has 10 nitrogen and oxygen atoms in total. The van der Waals surface area contributed by atoms with Crippen LogP contribution in [-0.2, 0) is 9.53 Å². The molecule has 3 aromatic rings. The summed E-state index contributed by atoms with van der Waals surface area (Å²) < 4.78 is 16.5. The van der Waals surface area contributed by atoms with Gasteiger partial charge in [0.2, 0.25) is 0 Å². The summed E-state index contributed by atoms with van der Waals surface area (Å²) in [5.41, 5.74) is 12.6. The molecule has 1 atom stereocenters. The lowest BCUT2D eigenvalue weighted by Gasteiger charge is -2.22. The van der Waals surface area contributed by atoms with Gasteiger partial charge >= 0.3 is 0 Å². The molecule has 0 aromatic heterocycles. The molecule has 6 N–H and O–H groups in total. The van der Waals surface area contributed by atoms with Gasteiger partial charge in [0, 0.05) is 23.9 Å². The van der Waals surface area contributed by atoms with Gasteiger partial charge in [0.15, 0.2) is 11.5 Å². The van der Waals surface area contributed by atoms with Crippen molar-refractivity contribution in [2.24, 2.45) is 5.73 Å². The summed E-state index contributed by atoms with van der Waals surface area (Å²) >= 11 is 0. The fourth-order valence-electron chi connectivity index (χ4n) is 3.39. The first kappa shape index (κ1) is 27.0. The van der Waals surface area contributed by atoms with E-state index < -0.39 is 17.9 Å². The SMILES string of the molecule is CCOc1cc(C(Nc2ccc(C(=N)N)cc2)C(=O)NNC(=O)c2ccccc2)ccc1OCCOC. The molecule has 0 fully saturated rings. The topological polar surface area (TPSA) is 148 Å². The number of amides is 2. The lowest BCUT2D eigenvalue weighted by Crippen LogP contribution is -2.45. The summed E-state index contributed by atoms with van der Waals surface area (Å²) in [7, 11) is 1.59. The number of carbonyl (C=O) groups is 2. The molecule has 0 bridgehead atoms. The third-order valence-electron chi connectivity index (χ3n) is 5.25. The van der Waals surface area contributed by atoms with Crippen LogP contribution in [0.2, 0.25) is 0 Å². The van der Waals surface area contributed by atoms with E-state index in [1.807, 2.05) is 6.92 Å². The van der Waals surface area contributed by atoms with Gasteiger partial charge in [-0.05, 0) is 61.0 Å². The van der Waals surface area contributed by atoms with E-state index in [4.69, 9.17) is 25.4 Å². The second-order valence-electron chi connectivity index (χ2n) is 7.86. The number of nitrogens with two attached hydrogens (primary N) is 1. The number of hydrazine groups is 1. The quantitative estimate of drug-likeness (QED) is 0.110. The van der Waals surface area contributed by atoms with E-state index in [0.29, 0.717) is 53.7 Å². The molecule has 10 heteroatoms. The fraction of sp³-hybridized carbons (Fsp3) is 0.222. The lowest BCUT2D eigenvalue weighted by molar-refractivity contribution is -0.122. The van der Waals surface area contributed by atoms with Crippen LogP contribution >= 0.6 is 0 Å². The first-order valence-corrected chi connectivity index (χ1v) is 11.7. The van der Waals surface area contributed by atoms with Gasteiger partial charge in [-0.2, -0.15) is 0 Å². The van der Waals surface area contributed by atoms with E-state index in [1.54, 1.807) is 79.9 Å². The number of nitrogen functional groups attached to an aromatic ring is 1. The first-order chi connectivity index (χ1) is 17.9. The zero-order valence-corrected chi connectivity index (χ0v) is 20.7. The predicted octanol–water partition coefficient (Wildman–Crippen LogP) is 3.01. The Balaban J connectivity index is 1.86. The van der Waals surface area contributed by atoms with Crippen LogP contribution in [0.15, 0.2) is 72.8 Å². The average Bonchev–Trinajstić information content (AvgIpc) is 2.92. The summed E-state index contributed by atoms with van der Waals surface area (Å²) in [4.78, 5) is 25.7. The van der Waals surface area contributed by atoms with Crippen LogP contribution in [0.4, 0.5) is 5.69 Å². The lowest BCUT2D eigenvalue weighted by atomic mass is 10.0. The third kappa shape index (κ3) is 7.71. The van der Waals surface area contributed by atoms with Crippen LogP contribution in [-0.4, -0.2) is 44.6 Å². The van der Waals surface area contributed by atoms with Crippen molar-refractivity contribution >= 4 is 23.3 Å². The molecule has 3 rings (SSSR count). The Morgan fingerprint density at radius 1 is 0.892 bits per heavy atom. The molecular formula is C27H31N5O5. The normalized spacial score (nSPS) is 11.2. The number of nitrogens with one attached hydrogen (secondary N) is 4. The molecule has 0 radical (unpaired) electrons. The van der Waals surface area contributed by atoms with E-state index in [0.717, 1.165) is 0 Å². The second kappa shape index (κ2) is 13.5. The molecule has 1 unspecified atom stereocenters. The second-order valence-corrected chi connectivity index (χ2v) is 7.86. The molecule has 0 heterocycles. The number of rotatable bonds is 12. The monoisotopic (exact) mass is 505 g/mol. The van der Waals surface area contributed by atoms with E-state index >= 15 is 0 Å². The molecule has 2 amide bonds. The largest absolute Gasteiger partial charge is 0.490 e. The van der Waals surface area contributed by atoms with Crippen LogP contribution < -0.4 is 31.4 Å². The minimum Gasteiger partial charge on any atom is -0.490 e. The van der Waals surface area contributed by atoms with Crippen molar-refractivity contribution in [1.29, 1.82) is 5.41 Å². The minimum atomic E-state index is -0.911. The molecule has 0 aliphatic heterocycles. The van der Waals surface area contributed by atoms with Crippen LogP contribution in [0.1, 0.15) is 34.5 Å². The predicted molar refractivity (Wildman–Crippen MR) is 141 cm³/mol. The zero-order valence-electron chi connectivity index (χ0n) is 20.7. The number of methoxy groups -OCH3 is 1. The van der Waals surface area contributed by atoms with Crippen molar-refractivity contribution in [3.63, 3.8) is 0 Å². The van der Waals surface area contributed by atoms with Gasteiger partial charge in [0.05, 0.1) is 13.2 Å². The summed E-state index contributed by atoms with van der Waals surface area (Å²) in [6.45, 7) is 3.00. The number of ether oxygens (including phenoxy) is 3. The zero-order chi connectivity index (χ0) is 26.6. The Morgan fingerprint density at radius 3 is 2.27 bits per heavy atom. The first-order valence-electron chi connectivity index (χ1n) is 11.7. The number of amidine groups is 1. The Kier molecular flexibility index (Phi) is 9.86. The van der Waals surface area contributed by atoms with Gasteiger partial charge in [0.1, 0.15) is 18.5 Å². The molecule has 37 heavy (non-hydrogen) atoms. The third-order valence-corrected chi connectivity index (χ3v) is 5.25. The van der Waals surface area contributed by atoms with Gasteiger partial charge in [-0.1, -0.05) is 24.3 Å². The van der Waals surface area contributed by atoms with Gasteiger partial charge in [-0.3, -0.25) is 25.8 Å². The van der Waals surface area contributed by atoms with Gasteiger partial charge in [-0.15, -0.1) is 0 Å². The summed E-state index contributed by atoms with van der Waals surface area (Å²) in [5, 5.41) is 10.8. The van der Waals surface area contributed by atoms with Crippen LogP contribution in [0.3, 0.4) is 0 Å². The van der Waals surface area contributed by atoms with E-state index in [2.05, 4.69) is 16.2 Å². The maximum absolute atomic E-state index is 13.3. The molecular weight excluding hydrogens is 474 g/mol. The molecule has 0 aliphatic rings. The van der Waals surface area contributed by atoms with Gasteiger partial charge < -0.3 is 25.3 Å². The maximum Gasteiger partial charge on any atom is 0.269 e. The number of hydrogen-bond acceptors (Lipinski definition) is 7. The number of benzene rings is 3. The summed E-state index contributed by atoms with van der Waals surface area (Å²) in [6, 6.07) is 19.6. The Hall–Kier alpha value is -4.57. The minimum absolute atomic E-state index is 0.0603. The van der Waals surface area contributed by atoms with Crippen molar-refractivity contribution in [2.75, 3.05) is 32.2 Å². The molecule has 0 saturated heterocycles. The maximum atomic E-state index is 13.3. The highest BCUT2D eigenvalue weighted by atomic mass is 16.5. The van der Waals surface area contributed by atoms with Crippen molar-refractivity contribution < 1.29 is 23.8 Å². The van der Waals surface area contributed by atoms with Crippen molar-refractivity contribution in [2.45, 2.75) is 13.0 Å². The summed E-state index contributed by atoms with van der Waals surface area (Å²) in [5.74, 6) is -0.0262. The molecule has 0 aliphatic carbocycles. The van der Waals surface area contributed by atoms with Crippen LogP contribution in [0.5, 0.6) is 11.5 Å². The molecule has 0 saturated carbocycles. The van der Waals surface area contributed by atoms with E-state index in [-0.39, 0.29) is 5.84 Å². The smallest absolute Gasteiger partial charge is 0.269 e. The van der Waals surface area contributed by atoms with Gasteiger partial charge in [0.25, 0.3) is 11.8 Å². The summed E-state index contributed by atoms with van der Waals surface area (Å²) in [6.07, 6.45) is 0. The van der Waals surface area contributed by atoms with Crippen LogP contribution in [0, 0.1) is 5.41 Å². The van der Waals surface area contributed by atoms with Crippen molar-refractivity contribution in [3.8, 4) is 11.5 Å². The van der Waals surface area contributed by atoms with Crippen molar-refractivity contribution in [1.82, 2.24) is 10.9 Å². The Bertz CT molecular complexity index is 1200. The van der Waals surface area contributed by atoms with Gasteiger partial charge in [-0.25, -0.2) is 0 Å². The Labute approximate surface area is 215 Å². The standard InChI is InChI=1S/C27H31N5O5/c1-3-36-23-17-20(11-14-22(23)37-16-15-35-2)24(30-21-12-9-18(10-13-21)25(28)29)27(34)32-31-26(33)19-7-5-4-6-8-19/h4-14,17,24,30H,3,15-16H2,1-2H3,(H3,28,29)(H,31,33)(H,32,34). The molecule has 3 aromatic carbocycles. The van der Waals surface area contributed by atoms with E-state index in [9.17, 15) is 9.59 Å². The van der Waals surface area contributed by atoms with Crippen LogP contribution in [0.25, 0.3) is 0 Å².